The number of anilines is 2. The summed E-state index contributed by atoms with van der Waals surface area (Å²) in [4.78, 5) is 38.0. The van der Waals surface area contributed by atoms with Crippen molar-refractivity contribution in [1.82, 2.24) is 0 Å². The average molecular weight is 411 g/mol. The molecule has 8 heteroatoms. The summed E-state index contributed by atoms with van der Waals surface area (Å²) in [6, 6.07) is 8.59. The molecule has 0 spiro atoms. The maximum Gasteiger partial charge on any atom is 0.342 e. The standard InChI is InChI=1S/C21H21N3O4S/c1-12(19(26)24-16-9-5-3-7-14(16)11-22)28-21(27)18-15-8-4-6-10-17(15)29-20(18)23-13(2)25/h3,5,7,9,12H,4,6,8,10H2,1-2H3,(H,23,25)(H,24,26)/t12-/m0/s1. The van der Waals surface area contributed by atoms with Crippen LogP contribution in [0, 0.1) is 11.3 Å². The largest absolute Gasteiger partial charge is 0.449 e. The van der Waals surface area contributed by atoms with Crippen LogP contribution >= 0.6 is 11.3 Å². The Kier molecular flexibility index (Phi) is 6.29. The molecule has 0 bridgehead atoms. The molecule has 2 aromatic rings. The number of carbonyl (C=O) groups is 3. The molecule has 0 aliphatic heterocycles. The summed E-state index contributed by atoms with van der Waals surface area (Å²) >= 11 is 1.39. The van der Waals surface area contributed by atoms with E-state index in [1.54, 1.807) is 24.3 Å². The van der Waals surface area contributed by atoms with Crippen molar-refractivity contribution in [3.8, 4) is 6.07 Å². The Balaban J connectivity index is 1.77. The number of benzene rings is 1. The van der Waals surface area contributed by atoms with Gasteiger partial charge in [0.2, 0.25) is 5.91 Å². The molecule has 1 aromatic heterocycles. The van der Waals surface area contributed by atoms with Crippen molar-refractivity contribution < 1.29 is 19.1 Å². The lowest BCUT2D eigenvalue weighted by Crippen LogP contribution is -2.30. The van der Waals surface area contributed by atoms with Gasteiger partial charge in [-0.3, -0.25) is 9.59 Å². The third kappa shape index (κ3) is 4.63. The number of carbonyl (C=O) groups excluding carboxylic acids is 3. The van der Waals surface area contributed by atoms with Gasteiger partial charge in [0.25, 0.3) is 5.91 Å². The molecular formula is C21H21N3O4S. The van der Waals surface area contributed by atoms with E-state index in [1.807, 2.05) is 6.07 Å². The summed E-state index contributed by atoms with van der Waals surface area (Å²) in [7, 11) is 0. The number of esters is 1. The number of hydrogen-bond donors (Lipinski definition) is 2. The van der Waals surface area contributed by atoms with E-state index in [9.17, 15) is 14.4 Å². The van der Waals surface area contributed by atoms with Crippen molar-refractivity contribution in [2.24, 2.45) is 0 Å². The second-order valence-electron chi connectivity index (χ2n) is 6.79. The summed E-state index contributed by atoms with van der Waals surface area (Å²) in [5.74, 6) is -1.44. The van der Waals surface area contributed by atoms with Crippen molar-refractivity contribution in [2.45, 2.75) is 45.6 Å². The SMILES string of the molecule is CC(=O)Nc1sc2c(c1C(=O)O[C@@H](C)C(=O)Nc1ccccc1C#N)CCCC2. The van der Waals surface area contributed by atoms with Gasteiger partial charge in [-0.2, -0.15) is 5.26 Å². The number of ether oxygens (including phenoxy) is 1. The van der Waals surface area contributed by atoms with Crippen molar-refractivity contribution >= 4 is 39.8 Å². The van der Waals surface area contributed by atoms with Gasteiger partial charge in [-0.1, -0.05) is 12.1 Å². The third-order valence-corrected chi connectivity index (χ3v) is 5.83. The molecule has 0 unspecified atom stereocenters. The molecule has 3 rings (SSSR count). The highest BCUT2D eigenvalue weighted by molar-refractivity contribution is 7.17. The van der Waals surface area contributed by atoms with Crippen LogP contribution in [0.25, 0.3) is 0 Å². The Morgan fingerprint density at radius 2 is 1.90 bits per heavy atom. The summed E-state index contributed by atoms with van der Waals surface area (Å²) in [6.07, 6.45) is 2.54. The highest BCUT2D eigenvalue weighted by atomic mass is 32.1. The zero-order valence-electron chi connectivity index (χ0n) is 16.2. The first-order valence-corrected chi connectivity index (χ1v) is 10.2. The van der Waals surface area contributed by atoms with Gasteiger partial charge in [0.05, 0.1) is 16.8 Å². The van der Waals surface area contributed by atoms with Crippen LogP contribution in [0.15, 0.2) is 24.3 Å². The fourth-order valence-electron chi connectivity index (χ4n) is 3.23. The van der Waals surface area contributed by atoms with Crippen LogP contribution in [0.2, 0.25) is 0 Å². The quantitative estimate of drug-likeness (QED) is 0.730. The van der Waals surface area contributed by atoms with Crippen LogP contribution in [0.4, 0.5) is 10.7 Å². The number of hydrogen-bond acceptors (Lipinski definition) is 6. The topological polar surface area (TPSA) is 108 Å². The summed E-state index contributed by atoms with van der Waals surface area (Å²) < 4.78 is 5.41. The van der Waals surface area contributed by atoms with E-state index in [0.717, 1.165) is 36.1 Å². The summed E-state index contributed by atoms with van der Waals surface area (Å²) in [5.41, 5.74) is 1.92. The van der Waals surface area contributed by atoms with Gasteiger partial charge < -0.3 is 15.4 Å². The number of nitrogens with one attached hydrogen (secondary N) is 2. The molecule has 1 heterocycles. The Hall–Kier alpha value is -3.18. The second-order valence-corrected chi connectivity index (χ2v) is 7.90. The van der Waals surface area contributed by atoms with Gasteiger partial charge in [-0.25, -0.2) is 4.79 Å². The third-order valence-electron chi connectivity index (χ3n) is 4.62. The number of rotatable bonds is 5. The summed E-state index contributed by atoms with van der Waals surface area (Å²) in [6.45, 7) is 2.86. The molecule has 29 heavy (non-hydrogen) atoms. The van der Waals surface area contributed by atoms with Crippen LogP contribution in [0.5, 0.6) is 0 Å². The van der Waals surface area contributed by atoms with E-state index < -0.39 is 18.0 Å². The predicted molar refractivity (Wildman–Crippen MR) is 110 cm³/mol. The van der Waals surface area contributed by atoms with Crippen molar-refractivity contribution in [3.05, 3.63) is 45.8 Å². The van der Waals surface area contributed by atoms with Crippen LogP contribution in [-0.2, 0) is 27.2 Å². The number of aryl methyl sites for hydroxylation is 1. The maximum absolute atomic E-state index is 12.9. The highest BCUT2D eigenvalue weighted by Gasteiger charge is 2.29. The normalized spacial score (nSPS) is 13.6. The fourth-order valence-corrected chi connectivity index (χ4v) is 4.55. The molecule has 1 aliphatic carbocycles. The van der Waals surface area contributed by atoms with Gasteiger partial charge in [-0.05, 0) is 50.3 Å². The van der Waals surface area contributed by atoms with Gasteiger partial charge >= 0.3 is 5.97 Å². The van der Waals surface area contributed by atoms with Crippen molar-refractivity contribution in [2.75, 3.05) is 10.6 Å². The lowest BCUT2D eigenvalue weighted by atomic mass is 9.95. The Morgan fingerprint density at radius 3 is 2.62 bits per heavy atom. The molecule has 0 fully saturated rings. The molecule has 0 saturated carbocycles. The Bertz CT molecular complexity index is 1010. The zero-order chi connectivity index (χ0) is 21.0. The van der Waals surface area contributed by atoms with E-state index >= 15 is 0 Å². The highest BCUT2D eigenvalue weighted by Crippen LogP contribution is 2.38. The van der Waals surface area contributed by atoms with E-state index in [-0.39, 0.29) is 5.91 Å². The smallest absolute Gasteiger partial charge is 0.342 e. The first-order chi connectivity index (χ1) is 13.9. The van der Waals surface area contributed by atoms with Crippen molar-refractivity contribution in [3.63, 3.8) is 0 Å². The lowest BCUT2D eigenvalue weighted by Gasteiger charge is -2.16. The van der Waals surface area contributed by atoms with Crippen LogP contribution in [0.1, 0.15) is 53.1 Å². The molecule has 0 saturated heterocycles. The second kappa shape index (κ2) is 8.88. The predicted octanol–water partition coefficient (Wildman–Crippen LogP) is 3.64. The monoisotopic (exact) mass is 411 g/mol. The molecule has 0 radical (unpaired) electrons. The first kappa shape index (κ1) is 20.6. The molecule has 7 nitrogen and oxygen atoms in total. The zero-order valence-corrected chi connectivity index (χ0v) is 17.0. The van der Waals surface area contributed by atoms with Gasteiger partial charge in [0, 0.05) is 11.8 Å². The Labute approximate surface area is 172 Å². The first-order valence-electron chi connectivity index (χ1n) is 9.33. The number of fused-ring (bicyclic) bond motifs is 1. The van der Waals surface area contributed by atoms with Crippen LogP contribution in [-0.4, -0.2) is 23.9 Å². The van der Waals surface area contributed by atoms with E-state index in [2.05, 4.69) is 10.6 Å². The lowest BCUT2D eigenvalue weighted by molar-refractivity contribution is -0.123. The van der Waals surface area contributed by atoms with Gasteiger partial charge in [-0.15, -0.1) is 11.3 Å². The van der Waals surface area contributed by atoms with Crippen LogP contribution < -0.4 is 10.6 Å². The molecule has 2 amide bonds. The molecule has 2 N–H and O–H groups in total. The van der Waals surface area contributed by atoms with Gasteiger partial charge in [0.15, 0.2) is 6.10 Å². The minimum atomic E-state index is -1.07. The van der Waals surface area contributed by atoms with Gasteiger partial charge in [0.1, 0.15) is 11.1 Å². The number of nitrogens with zero attached hydrogens (tertiary/aromatic N) is 1. The number of amides is 2. The minimum Gasteiger partial charge on any atom is -0.449 e. The average Bonchev–Trinajstić information content (AvgIpc) is 3.05. The molecule has 1 aromatic carbocycles. The number of para-hydroxylation sites is 1. The van der Waals surface area contributed by atoms with E-state index in [4.69, 9.17) is 10.00 Å². The number of nitriles is 1. The number of thiophene rings is 1. The molecule has 150 valence electrons. The van der Waals surface area contributed by atoms with Crippen LogP contribution in [0.3, 0.4) is 0 Å². The molecular weight excluding hydrogens is 390 g/mol. The van der Waals surface area contributed by atoms with E-state index in [0.29, 0.717) is 21.8 Å². The minimum absolute atomic E-state index is 0.267. The molecule has 1 aliphatic rings. The Morgan fingerprint density at radius 1 is 1.17 bits per heavy atom. The molecule has 1 atom stereocenters. The maximum atomic E-state index is 12.9. The fraction of sp³-hybridized carbons (Fsp3) is 0.333. The summed E-state index contributed by atoms with van der Waals surface area (Å²) in [5, 5.41) is 14.9. The van der Waals surface area contributed by atoms with Crippen molar-refractivity contribution in [1.29, 1.82) is 5.26 Å². The van der Waals surface area contributed by atoms with E-state index in [1.165, 1.54) is 25.2 Å².